The van der Waals surface area contributed by atoms with Gasteiger partial charge in [-0.05, 0) is 56.2 Å². The van der Waals surface area contributed by atoms with E-state index < -0.39 is 0 Å². The number of benzene rings is 3. The minimum Gasteiger partial charge on any atom is -0.494 e. The summed E-state index contributed by atoms with van der Waals surface area (Å²) in [6, 6.07) is 19.8. The molecule has 0 heterocycles. The van der Waals surface area contributed by atoms with Gasteiger partial charge in [0.25, 0.3) is 0 Å². The average molecular weight is 517 g/mol. The van der Waals surface area contributed by atoms with Crippen LogP contribution in [0.1, 0.15) is 58.3 Å². The van der Waals surface area contributed by atoms with Crippen LogP contribution in [0, 0.1) is 0 Å². The van der Waals surface area contributed by atoms with E-state index in [4.69, 9.17) is 9.47 Å². The number of ether oxygens (including phenoxy) is 2. The van der Waals surface area contributed by atoms with Crippen molar-refractivity contribution in [2.75, 3.05) is 25.7 Å². The van der Waals surface area contributed by atoms with E-state index in [1.165, 1.54) is 32.1 Å². The molecule has 3 rings (SSSR count). The summed E-state index contributed by atoms with van der Waals surface area (Å²) in [6.45, 7) is 6.46. The molecule has 0 atom stereocenters. The van der Waals surface area contributed by atoms with Crippen molar-refractivity contribution in [2.24, 2.45) is 10.2 Å². The van der Waals surface area contributed by atoms with Gasteiger partial charge in [0.1, 0.15) is 5.75 Å². The lowest BCUT2D eigenvalue weighted by Gasteiger charge is -2.09. The van der Waals surface area contributed by atoms with Crippen LogP contribution in [0.2, 0.25) is 0 Å². The Morgan fingerprint density at radius 2 is 1.42 bits per heavy atom. The number of hydrazine groups is 1. The van der Waals surface area contributed by atoms with Gasteiger partial charge in [0.05, 0.1) is 30.3 Å². The number of nitrogens with one attached hydrogen (secondary N) is 2. The van der Waals surface area contributed by atoms with Gasteiger partial charge in [0.2, 0.25) is 0 Å². The number of fused-ring (bicyclic) bond motifs is 1. The van der Waals surface area contributed by atoms with Gasteiger partial charge in [-0.2, -0.15) is 5.11 Å². The predicted octanol–water partition coefficient (Wildman–Crippen LogP) is 8.42. The van der Waals surface area contributed by atoms with Gasteiger partial charge >= 0.3 is 5.97 Å². The molecule has 0 aliphatic heterocycles. The highest BCUT2D eigenvalue weighted by atomic mass is 16.5. The van der Waals surface area contributed by atoms with E-state index in [0.29, 0.717) is 18.8 Å². The predicted molar refractivity (Wildman–Crippen MR) is 155 cm³/mol. The van der Waals surface area contributed by atoms with E-state index in [9.17, 15) is 4.79 Å². The Hall–Kier alpha value is -3.71. The fourth-order valence-corrected chi connectivity index (χ4v) is 4.08. The Kier molecular flexibility index (Phi) is 12.3. The monoisotopic (exact) mass is 516 g/mol. The topological polar surface area (TPSA) is 84.3 Å². The van der Waals surface area contributed by atoms with Crippen molar-refractivity contribution < 1.29 is 14.3 Å². The number of nitrogens with zero attached hydrogens (tertiary/aromatic N) is 2. The van der Waals surface area contributed by atoms with E-state index in [2.05, 4.69) is 39.8 Å². The number of hydrogen-bond acceptors (Lipinski definition) is 7. The molecule has 7 nitrogen and oxygen atoms in total. The number of anilines is 1. The van der Waals surface area contributed by atoms with Crippen molar-refractivity contribution in [3.63, 3.8) is 0 Å². The second-order valence-corrected chi connectivity index (χ2v) is 9.34. The summed E-state index contributed by atoms with van der Waals surface area (Å²) in [5.41, 5.74) is 9.20. The van der Waals surface area contributed by atoms with Crippen LogP contribution in [0.3, 0.4) is 0 Å². The van der Waals surface area contributed by atoms with Gasteiger partial charge in [-0.3, -0.25) is 0 Å². The van der Waals surface area contributed by atoms with Crippen LogP contribution >= 0.6 is 0 Å². The van der Waals surface area contributed by atoms with Crippen molar-refractivity contribution >= 4 is 33.8 Å². The van der Waals surface area contributed by atoms with Gasteiger partial charge in [0.15, 0.2) is 0 Å². The minimum absolute atomic E-state index is 0.289. The molecule has 0 fully saturated rings. The maximum Gasteiger partial charge on any atom is 0.333 e. The molecule has 0 saturated heterocycles. The van der Waals surface area contributed by atoms with Gasteiger partial charge in [-0.1, -0.05) is 69.4 Å². The summed E-state index contributed by atoms with van der Waals surface area (Å²) in [5, 5.41) is 11.0. The summed E-state index contributed by atoms with van der Waals surface area (Å²) in [4.78, 5) is 11.3. The van der Waals surface area contributed by atoms with Crippen LogP contribution in [0.4, 0.5) is 17.1 Å². The second-order valence-electron chi connectivity index (χ2n) is 9.34. The standard InChI is InChI=1S/C31H40N4O3/c1-24(2)31(36)38-23-13-9-7-5-4-6-8-12-22-37-26-18-16-25(17-19-26)33-35-30-21-20-29(34-32-3)27-14-10-11-15-28(27)30/h10-11,14-21,32,34H,1,4-9,12-13,22-23H2,2-3H3/b35-33+. The van der Waals surface area contributed by atoms with Crippen molar-refractivity contribution in [1.29, 1.82) is 0 Å². The highest BCUT2D eigenvalue weighted by Crippen LogP contribution is 2.32. The lowest BCUT2D eigenvalue weighted by atomic mass is 10.1. The molecular formula is C31H40N4O3. The zero-order valence-corrected chi connectivity index (χ0v) is 22.7. The van der Waals surface area contributed by atoms with E-state index in [-0.39, 0.29) is 5.97 Å². The minimum atomic E-state index is -0.289. The largest absolute Gasteiger partial charge is 0.494 e. The Morgan fingerprint density at radius 3 is 2.08 bits per heavy atom. The molecule has 0 spiro atoms. The fourth-order valence-electron chi connectivity index (χ4n) is 4.08. The quantitative estimate of drug-likeness (QED) is 0.0618. The van der Waals surface area contributed by atoms with Crippen LogP contribution in [-0.4, -0.2) is 26.2 Å². The second kappa shape index (κ2) is 16.2. The molecule has 0 amide bonds. The summed E-state index contributed by atoms with van der Waals surface area (Å²) in [7, 11) is 1.84. The van der Waals surface area contributed by atoms with Crippen LogP contribution in [-0.2, 0) is 9.53 Å². The Labute approximate surface area is 226 Å². The third kappa shape index (κ3) is 9.63. The van der Waals surface area contributed by atoms with Gasteiger partial charge in [0, 0.05) is 23.4 Å². The van der Waals surface area contributed by atoms with Crippen molar-refractivity contribution in [3.8, 4) is 5.75 Å². The molecule has 2 N–H and O–H groups in total. The number of rotatable bonds is 17. The van der Waals surface area contributed by atoms with Gasteiger partial charge in [-0.25, -0.2) is 10.2 Å². The summed E-state index contributed by atoms with van der Waals surface area (Å²) in [5.74, 6) is 0.562. The molecule has 0 unspecified atom stereocenters. The third-order valence-electron chi connectivity index (χ3n) is 6.16. The highest BCUT2D eigenvalue weighted by Gasteiger charge is 2.05. The lowest BCUT2D eigenvalue weighted by molar-refractivity contribution is -0.139. The van der Waals surface area contributed by atoms with Crippen molar-refractivity contribution in [3.05, 3.63) is 72.8 Å². The molecule has 0 bridgehead atoms. The SMILES string of the molecule is C=C(C)C(=O)OCCCCCCCCCCOc1ccc(/N=N/c2ccc(NNC)c3ccccc23)cc1. The Bertz CT molecular complexity index is 1190. The number of esters is 1. The van der Waals surface area contributed by atoms with Gasteiger partial charge < -0.3 is 14.9 Å². The molecule has 0 aromatic heterocycles. The first-order valence-corrected chi connectivity index (χ1v) is 13.5. The van der Waals surface area contributed by atoms with E-state index >= 15 is 0 Å². The Balaban J connectivity index is 1.30. The maximum atomic E-state index is 11.3. The molecule has 0 radical (unpaired) electrons. The first-order chi connectivity index (χ1) is 18.6. The number of azo groups is 1. The average Bonchev–Trinajstić information content (AvgIpc) is 2.93. The number of carbonyl (C=O) groups excluding carboxylic acids is 1. The summed E-state index contributed by atoms with van der Waals surface area (Å²) < 4.78 is 11.0. The normalized spacial score (nSPS) is 11.1. The van der Waals surface area contributed by atoms with Crippen molar-refractivity contribution in [2.45, 2.75) is 58.3 Å². The zero-order chi connectivity index (χ0) is 27.0. The molecule has 0 saturated carbocycles. The molecule has 3 aromatic rings. The van der Waals surface area contributed by atoms with E-state index in [1.807, 2.05) is 55.6 Å². The highest BCUT2D eigenvalue weighted by molar-refractivity contribution is 6.00. The smallest absolute Gasteiger partial charge is 0.333 e. The first-order valence-electron chi connectivity index (χ1n) is 13.5. The third-order valence-corrected chi connectivity index (χ3v) is 6.16. The van der Waals surface area contributed by atoms with Crippen LogP contribution in [0.5, 0.6) is 5.75 Å². The van der Waals surface area contributed by atoms with Gasteiger partial charge in [-0.15, -0.1) is 5.11 Å². The van der Waals surface area contributed by atoms with Crippen molar-refractivity contribution in [1.82, 2.24) is 5.43 Å². The fraction of sp³-hybridized carbons (Fsp3) is 0.387. The number of unbranched alkanes of at least 4 members (excludes halogenated alkanes) is 7. The molecule has 202 valence electrons. The summed E-state index contributed by atoms with van der Waals surface area (Å²) in [6.07, 6.45) is 9.08. The molecule has 0 aliphatic carbocycles. The molecular weight excluding hydrogens is 476 g/mol. The molecule has 7 heteroatoms. The van der Waals surface area contributed by atoms with E-state index in [1.54, 1.807) is 6.92 Å². The van der Waals surface area contributed by atoms with E-state index in [0.717, 1.165) is 52.8 Å². The molecule has 0 aliphatic rings. The first kappa shape index (κ1) is 28.9. The lowest BCUT2D eigenvalue weighted by Crippen LogP contribution is -2.14. The zero-order valence-electron chi connectivity index (χ0n) is 22.7. The van der Waals surface area contributed by atoms with Crippen LogP contribution in [0.15, 0.2) is 83.0 Å². The van der Waals surface area contributed by atoms with Crippen LogP contribution < -0.4 is 15.6 Å². The molecule has 3 aromatic carbocycles. The van der Waals surface area contributed by atoms with Crippen LogP contribution in [0.25, 0.3) is 10.8 Å². The Morgan fingerprint density at radius 1 is 0.789 bits per heavy atom. The summed E-state index contributed by atoms with van der Waals surface area (Å²) >= 11 is 0. The maximum absolute atomic E-state index is 11.3. The number of carbonyl (C=O) groups is 1. The molecule has 38 heavy (non-hydrogen) atoms. The number of hydrogen-bond donors (Lipinski definition) is 2.